The number of rotatable bonds is 6. The van der Waals surface area contributed by atoms with Crippen LogP contribution in [-0.2, 0) is 0 Å². The molecule has 0 spiro atoms. The van der Waals surface area contributed by atoms with Crippen LogP contribution in [0.5, 0.6) is 0 Å². The number of aliphatic hydroxyl groups excluding tert-OH is 1. The summed E-state index contributed by atoms with van der Waals surface area (Å²) in [7, 11) is 0. The lowest BCUT2D eigenvalue weighted by atomic mass is 9.95. The first kappa shape index (κ1) is 17.2. The number of benzene rings is 2. The zero-order valence-electron chi connectivity index (χ0n) is 13.0. The Hall–Kier alpha value is -2.12. The van der Waals surface area contributed by atoms with Crippen LogP contribution in [0.3, 0.4) is 0 Å². The number of aliphatic hydroxyl groups is 1. The van der Waals surface area contributed by atoms with Crippen molar-refractivity contribution >= 4 is 17.4 Å². The second-order valence-corrected chi connectivity index (χ2v) is 5.64. The lowest BCUT2D eigenvalue weighted by Crippen LogP contribution is -2.11. The lowest BCUT2D eigenvalue weighted by molar-refractivity contribution is 0.0987. The smallest absolute Gasteiger partial charge is 0.199 e. The average molecular weight is 327 g/mol. The van der Waals surface area contributed by atoms with Crippen molar-refractivity contribution in [3.05, 3.63) is 88.1 Å². The van der Waals surface area contributed by atoms with Crippen LogP contribution >= 0.6 is 11.6 Å². The largest absolute Gasteiger partial charge is 0.383 e. The summed E-state index contributed by atoms with van der Waals surface area (Å²) in [5.74, 6) is -0.222. The van der Waals surface area contributed by atoms with Gasteiger partial charge in [-0.15, -0.1) is 5.73 Å². The molecule has 2 nitrogen and oxygen atoms in total. The Labute approximate surface area is 141 Å². The third kappa shape index (κ3) is 4.67. The van der Waals surface area contributed by atoms with Gasteiger partial charge in [-0.3, -0.25) is 4.79 Å². The summed E-state index contributed by atoms with van der Waals surface area (Å²) >= 11 is 5.88. The van der Waals surface area contributed by atoms with Gasteiger partial charge in [0.2, 0.25) is 0 Å². The van der Waals surface area contributed by atoms with Gasteiger partial charge in [0.1, 0.15) is 6.10 Å². The Kier molecular flexibility index (Phi) is 6.37. The van der Waals surface area contributed by atoms with Gasteiger partial charge in [-0.2, -0.15) is 0 Å². The Balaban J connectivity index is 2.40. The van der Waals surface area contributed by atoms with E-state index in [0.717, 1.165) is 12.8 Å². The van der Waals surface area contributed by atoms with Gasteiger partial charge in [-0.05, 0) is 30.2 Å². The molecule has 0 amide bonds. The molecule has 1 N–H and O–H groups in total. The molecule has 23 heavy (non-hydrogen) atoms. The molecule has 0 radical (unpaired) electrons. The van der Waals surface area contributed by atoms with Crippen molar-refractivity contribution in [3.8, 4) is 0 Å². The number of Topliss-reactive ketones (excluding diaryl/α,β-unsaturated/α-hetero) is 1. The molecular weight excluding hydrogens is 308 g/mol. The second-order valence-electron chi connectivity index (χ2n) is 5.20. The van der Waals surface area contributed by atoms with E-state index in [0.29, 0.717) is 16.1 Å². The molecule has 0 aliphatic rings. The summed E-state index contributed by atoms with van der Waals surface area (Å²) < 4.78 is 0. The monoisotopic (exact) mass is 326 g/mol. The Morgan fingerprint density at radius 1 is 1.17 bits per heavy atom. The molecule has 0 aromatic heterocycles. The maximum absolute atomic E-state index is 12.7. The van der Waals surface area contributed by atoms with Gasteiger partial charge in [0.15, 0.2) is 5.78 Å². The van der Waals surface area contributed by atoms with Crippen molar-refractivity contribution in [3.63, 3.8) is 0 Å². The van der Waals surface area contributed by atoms with E-state index in [1.165, 1.54) is 0 Å². The molecule has 0 bridgehead atoms. The third-order valence-electron chi connectivity index (χ3n) is 3.43. The number of carbonyl (C=O) groups is 1. The minimum atomic E-state index is -1.03. The molecular formula is C20H19ClO2. The third-order valence-corrected chi connectivity index (χ3v) is 3.68. The number of halogens is 1. The van der Waals surface area contributed by atoms with Crippen molar-refractivity contribution < 1.29 is 9.90 Å². The highest BCUT2D eigenvalue weighted by Gasteiger charge is 2.21. The van der Waals surface area contributed by atoms with Gasteiger partial charge >= 0.3 is 0 Å². The standard InChI is InChI=1S/C20H19ClO2/c1-2-3-5-10-18(19(22)15-8-6-4-7-9-15)20(23)16-11-13-17(21)14-12-16/h4-9,11-14,20,23H,2-3H2,1H3/t10?,20-/m1/s1. The van der Waals surface area contributed by atoms with E-state index in [1.807, 2.05) is 13.0 Å². The molecule has 0 aliphatic carbocycles. The van der Waals surface area contributed by atoms with Crippen LogP contribution in [0.1, 0.15) is 41.8 Å². The fourth-order valence-electron chi connectivity index (χ4n) is 2.15. The van der Waals surface area contributed by atoms with Gasteiger partial charge in [0.05, 0.1) is 5.57 Å². The molecule has 0 saturated carbocycles. The van der Waals surface area contributed by atoms with Gasteiger partial charge in [-0.1, -0.05) is 67.4 Å². The Bertz CT molecular complexity index is 711. The Morgan fingerprint density at radius 2 is 1.83 bits per heavy atom. The van der Waals surface area contributed by atoms with Crippen molar-refractivity contribution in [2.75, 3.05) is 0 Å². The minimum Gasteiger partial charge on any atom is -0.383 e. The molecule has 3 heteroatoms. The Morgan fingerprint density at radius 3 is 2.43 bits per heavy atom. The van der Waals surface area contributed by atoms with Crippen molar-refractivity contribution in [2.24, 2.45) is 0 Å². The fourth-order valence-corrected chi connectivity index (χ4v) is 2.28. The van der Waals surface area contributed by atoms with E-state index < -0.39 is 6.10 Å². The SMILES string of the molecule is CCCC=C=C(C(=O)c1ccccc1)[C@H](O)c1ccc(Cl)cc1. The topological polar surface area (TPSA) is 37.3 Å². The normalized spacial score (nSPS) is 11.4. The maximum atomic E-state index is 12.7. The molecule has 0 heterocycles. The highest BCUT2D eigenvalue weighted by molar-refractivity contribution is 6.30. The van der Waals surface area contributed by atoms with Crippen LogP contribution in [-0.4, -0.2) is 10.9 Å². The number of unbranched alkanes of at least 4 members (excludes halogenated alkanes) is 1. The number of carbonyl (C=O) groups excluding carboxylic acids is 1. The van der Waals surface area contributed by atoms with Gasteiger partial charge in [-0.25, -0.2) is 0 Å². The van der Waals surface area contributed by atoms with Crippen LogP contribution in [0.25, 0.3) is 0 Å². The van der Waals surface area contributed by atoms with Crippen molar-refractivity contribution in [1.29, 1.82) is 0 Å². The van der Waals surface area contributed by atoms with Crippen LogP contribution < -0.4 is 0 Å². The highest BCUT2D eigenvalue weighted by atomic mass is 35.5. The van der Waals surface area contributed by atoms with Crippen LogP contribution in [0.2, 0.25) is 5.02 Å². The predicted octanol–water partition coefficient (Wildman–Crippen LogP) is 5.14. The summed E-state index contributed by atoms with van der Waals surface area (Å²) in [6, 6.07) is 15.7. The highest BCUT2D eigenvalue weighted by Crippen LogP contribution is 2.25. The first-order valence-corrected chi connectivity index (χ1v) is 7.99. The number of hydrogen-bond acceptors (Lipinski definition) is 2. The van der Waals surface area contributed by atoms with E-state index in [-0.39, 0.29) is 11.4 Å². The summed E-state index contributed by atoms with van der Waals surface area (Å²) in [6.07, 6.45) is 2.53. The first-order valence-electron chi connectivity index (χ1n) is 7.61. The first-order chi connectivity index (χ1) is 11.1. The maximum Gasteiger partial charge on any atom is 0.199 e. The van der Waals surface area contributed by atoms with Crippen LogP contribution in [0.4, 0.5) is 0 Å². The second kappa shape index (κ2) is 8.50. The summed E-state index contributed by atoms with van der Waals surface area (Å²) in [6.45, 7) is 2.05. The van der Waals surface area contributed by atoms with Gasteiger partial charge in [0.25, 0.3) is 0 Å². The van der Waals surface area contributed by atoms with Crippen LogP contribution in [0, 0.1) is 0 Å². The van der Waals surface area contributed by atoms with Gasteiger partial charge < -0.3 is 5.11 Å². The molecule has 2 rings (SSSR count). The predicted molar refractivity (Wildman–Crippen MR) is 93.7 cm³/mol. The van der Waals surface area contributed by atoms with E-state index >= 15 is 0 Å². The molecule has 1 atom stereocenters. The summed E-state index contributed by atoms with van der Waals surface area (Å²) in [5.41, 5.74) is 4.39. The molecule has 0 unspecified atom stereocenters. The van der Waals surface area contributed by atoms with E-state index in [1.54, 1.807) is 54.6 Å². The van der Waals surface area contributed by atoms with Crippen LogP contribution in [0.15, 0.2) is 72.0 Å². The van der Waals surface area contributed by atoms with E-state index in [9.17, 15) is 9.90 Å². The molecule has 2 aromatic carbocycles. The van der Waals surface area contributed by atoms with Crippen molar-refractivity contribution in [2.45, 2.75) is 25.9 Å². The number of hydrogen-bond donors (Lipinski definition) is 1. The number of ketones is 1. The van der Waals surface area contributed by atoms with Gasteiger partial charge in [0, 0.05) is 10.6 Å². The average Bonchev–Trinajstić information content (AvgIpc) is 2.59. The fraction of sp³-hybridized carbons (Fsp3) is 0.200. The molecule has 0 saturated heterocycles. The van der Waals surface area contributed by atoms with E-state index in [4.69, 9.17) is 11.6 Å². The van der Waals surface area contributed by atoms with Crippen molar-refractivity contribution in [1.82, 2.24) is 0 Å². The molecule has 2 aromatic rings. The summed E-state index contributed by atoms with van der Waals surface area (Å²) in [5, 5.41) is 11.2. The summed E-state index contributed by atoms with van der Waals surface area (Å²) in [4.78, 5) is 12.7. The zero-order chi connectivity index (χ0) is 16.7. The molecule has 0 aliphatic heterocycles. The molecule has 0 fully saturated rings. The van der Waals surface area contributed by atoms with E-state index in [2.05, 4.69) is 5.73 Å². The lowest BCUT2D eigenvalue weighted by Gasteiger charge is -2.13. The zero-order valence-corrected chi connectivity index (χ0v) is 13.8. The molecule has 118 valence electrons. The minimum absolute atomic E-state index is 0.222. The quantitative estimate of drug-likeness (QED) is 0.453.